The van der Waals surface area contributed by atoms with Crippen LogP contribution in [-0.4, -0.2) is 54.8 Å². The number of primary amides is 1. The number of rotatable bonds is 11. The standard InChI is InChI=1S/C23H22ClN3O8S/c1-13(7-8-14-9-11-15(12-10-14)27(32)33)18(23(30)31)26-21(29)17(22(26)36(24)34)19(20(25)28)35-16-5-3-2-4-6-16/h2-7,9-12,17-19,22H,8H2,1H3,(H2,25,28)(H,30,31). The zero-order chi connectivity index (χ0) is 26.6. The molecule has 190 valence electrons. The van der Waals surface area contributed by atoms with Crippen molar-refractivity contribution in [2.75, 3.05) is 0 Å². The summed E-state index contributed by atoms with van der Waals surface area (Å²) in [7, 11) is 3.59. The summed E-state index contributed by atoms with van der Waals surface area (Å²) in [5.41, 5.74) is 6.27. The quantitative estimate of drug-likeness (QED) is 0.144. The minimum Gasteiger partial charge on any atom is -0.597 e. The van der Waals surface area contributed by atoms with E-state index < -0.39 is 56.5 Å². The van der Waals surface area contributed by atoms with Crippen molar-refractivity contribution in [1.29, 1.82) is 0 Å². The van der Waals surface area contributed by atoms with Gasteiger partial charge in [0.05, 0.1) is 15.3 Å². The third kappa shape index (κ3) is 5.78. The van der Waals surface area contributed by atoms with E-state index in [4.69, 9.17) is 21.2 Å². The van der Waals surface area contributed by atoms with E-state index in [9.17, 15) is 34.2 Å². The zero-order valence-electron chi connectivity index (χ0n) is 18.9. The van der Waals surface area contributed by atoms with Crippen LogP contribution in [0, 0.1) is 16.0 Å². The fourth-order valence-electron chi connectivity index (χ4n) is 3.90. The fraction of sp³-hybridized carbons (Fsp3) is 0.261. The molecule has 1 heterocycles. The lowest BCUT2D eigenvalue weighted by Crippen LogP contribution is -2.72. The molecule has 5 unspecified atom stereocenters. The van der Waals surface area contributed by atoms with Crippen molar-refractivity contribution in [2.45, 2.75) is 30.9 Å². The molecule has 2 amide bonds. The Morgan fingerprint density at radius 1 is 1.25 bits per heavy atom. The molecule has 0 bridgehead atoms. The van der Waals surface area contributed by atoms with E-state index in [2.05, 4.69) is 0 Å². The Balaban J connectivity index is 1.85. The van der Waals surface area contributed by atoms with Gasteiger partial charge in [0.15, 0.2) is 28.7 Å². The van der Waals surface area contributed by atoms with Crippen LogP contribution in [0.15, 0.2) is 66.2 Å². The summed E-state index contributed by atoms with van der Waals surface area (Å²) < 4.78 is 18.0. The molecule has 0 radical (unpaired) electrons. The summed E-state index contributed by atoms with van der Waals surface area (Å²) in [4.78, 5) is 48.5. The number of nitrogens with two attached hydrogens (primary N) is 1. The number of halogens is 1. The van der Waals surface area contributed by atoms with Crippen LogP contribution < -0.4 is 10.5 Å². The normalized spacial score (nSPS) is 20.1. The Kier molecular flexibility index (Phi) is 8.56. The number of aliphatic carboxylic acids is 1. The smallest absolute Gasteiger partial charge is 0.330 e. The molecule has 3 rings (SSSR count). The van der Waals surface area contributed by atoms with Gasteiger partial charge >= 0.3 is 5.97 Å². The second kappa shape index (κ2) is 11.4. The van der Waals surface area contributed by atoms with Crippen LogP contribution in [0.4, 0.5) is 5.69 Å². The second-order valence-corrected chi connectivity index (χ2v) is 9.87. The van der Waals surface area contributed by atoms with Gasteiger partial charge in [-0.25, -0.2) is 4.79 Å². The minimum absolute atomic E-state index is 0.0887. The first-order chi connectivity index (χ1) is 17.0. The molecule has 0 aliphatic carbocycles. The second-order valence-electron chi connectivity index (χ2n) is 7.98. The summed E-state index contributed by atoms with van der Waals surface area (Å²) >= 11 is 0. The maximum atomic E-state index is 13.1. The zero-order valence-corrected chi connectivity index (χ0v) is 20.4. The third-order valence-electron chi connectivity index (χ3n) is 5.67. The van der Waals surface area contributed by atoms with Crippen molar-refractivity contribution in [1.82, 2.24) is 4.90 Å². The van der Waals surface area contributed by atoms with Gasteiger partial charge in [0.1, 0.15) is 5.75 Å². The number of para-hydroxylation sites is 1. The van der Waals surface area contributed by atoms with E-state index in [1.54, 1.807) is 24.3 Å². The number of nitro benzene ring substituents is 1. The van der Waals surface area contributed by atoms with E-state index in [-0.39, 0.29) is 23.4 Å². The van der Waals surface area contributed by atoms with Gasteiger partial charge in [-0.05, 0) is 36.6 Å². The highest BCUT2D eigenvalue weighted by atomic mass is 35.7. The molecule has 3 N–H and O–H groups in total. The molecule has 2 aromatic carbocycles. The summed E-state index contributed by atoms with van der Waals surface area (Å²) in [6.45, 7) is 1.48. The number of benzene rings is 2. The predicted octanol–water partition coefficient (Wildman–Crippen LogP) is 2.16. The molecule has 1 aliphatic rings. The summed E-state index contributed by atoms with van der Waals surface area (Å²) in [5.74, 6) is -4.32. The van der Waals surface area contributed by atoms with Crippen LogP contribution in [0.3, 0.4) is 0 Å². The molecule has 5 atom stereocenters. The molecule has 0 aromatic heterocycles. The van der Waals surface area contributed by atoms with Crippen LogP contribution in [0.2, 0.25) is 0 Å². The largest absolute Gasteiger partial charge is 0.597 e. The number of carboxylic acids is 1. The van der Waals surface area contributed by atoms with Crippen molar-refractivity contribution in [3.63, 3.8) is 0 Å². The molecule has 11 nitrogen and oxygen atoms in total. The monoisotopic (exact) mass is 535 g/mol. The van der Waals surface area contributed by atoms with Gasteiger partial charge in [-0.1, -0.05) is 36.4 Å². The number of β-lactam (4-membered cyclic amide) rings is 1. The van der Waals surface area contributed by atoms with Gasteiger partial charge in [-0.2, -0.15) is 0 Å². The first-order valence-electron chi connectivity index (χ1n) is 10.6. The number of hydrogen-bond acceptors (Lipinski definition) is 7. The average Bonchev–Trinajstić information content (AvgIpc) is 2.83. The summed E-state index contributed by atoms with van der Waals surface area (Å²) in [5, 5.41) is 19.3. The van der Waals surface area contributed by atoms with Crippen molar-refractivity contribution < 1.29 is 33.7 Å². The van der Waals surface area contributed by atoms with Crippen molar-refractivity contribution in [3.8, 4) is 5.75 Å². The van der Waals surface area contributed by atoms with E-state index in [0.29, 0.717) is 5.56 Å². The van der Waals surface area contributed by atoms with Gasteiger partial charge in [-0.3, -0.25) is 24.6 Å². The van der Waals surface area contributed by atoms with E-state index in [1.165, 1.54) is 43.3 Å². The number of carboxylic acid groups (broad SMARTS) is 1. The van der Waals surface area contributed by atoms with E-state index in [1.807, 2.05) is 0 Å². The van der Waals surface area contributed by atoms with Gasteiger partial charge in [-0.15, -0.1) is 0 Å². The molecule has 1 fully saturated rings. The first kappa shape index (κ1) is 27.0. The lowest BCUT2D eigenvalue weighted by molar-refractivity contribution is -0.384. The van der Waals surface area contributed by atoms with Crippen LogP contribution in [0.5, 0.6) is 5.75 Å². The number of hydrogen-bond donors (Lipinski definition) is 2. The Bertz CT molecular complexity index is 1180. The van der Waals surface area contributed by atoms with Gasteiger partial charge in [0.2, 0.25) is 11.3 Å². The lowest BCUT2D eigenvalue weighted by atomic mass is 9.87. The fourth-order valence-corrected chi connectivity index (χ4v) is 5.38. The Hall–Kier alpha value is -3.61. The van der Waals surface area contributed by atoms with Crippen molar-refractivity contribution in [3.05, 3.63) is 81.9 Å². The molecule has 36 heavy (non-hydrogen) atoms. The Morgan fingerprint density at radius 2 is 1.86 bits per heavy atom. The number of likely N-dealkylation sites (tertiary alicyclic amines) is 1. The number of nitro groups is 1. The number of nitrogens with zero attached hydrogens (tertiary/aromatic N) is 2. The SMILES string of the molecule is CC(=CCc1ccc([N+](=O)[O-])cc1)C(C(=O)O)N1C(=O)C(C(Oc2ccccc2)C(N)=O)C1[S+]([O-])Cl. The Morgan fingerprint density at radius 3 is 2.36 bits per heavy atom. The lowest BCUT2D eigenvalue weighted by Gasteiger charge is -2.48. The molecule has 1 saturated heterocycles. The highest BCUT2D eigenvalue weighted by Crippen LogP contribution is 2.40. The first-order valence-corrected chi connectivity index (χ1v) is 12.6. The van der Waals surface area contributed by atoms with Gasteiger partial charge in [0.25, 0.3) is 11.6 Å². The van der Waals surface area contributed by atoms with Crippen LogP contribution in [0.1, 0.15) is 12.5 Å². The molecule has 2 aromatic rings. The maximum Gasteiger partial charge on any atom is 0.330 e. The molecule has 1 aliphatic heterocycles. The number of allylic oxidation sites excluding steroid dienone is 1. The number of ether oxygens (including phenoxy) is 1. The van der Waals surface area contributed by atoms with Crippen LogP contribution in [0.25, 0.3) is 0 Å². The Labute approximate surface area is 213 Å². The minimum atomic E-state index is -2.27. The molecular formula is C23H22ClN3O8S. The average molecular weight is 536 g/mol. The molecular weight excluding hydrogens is 514 g/mol. The molecule has 0 saturated carbocycles. The van der Waals surface area contributed by atoms with Gasteiger partial charge < -0.3 is 20.1 Å². The predicted molar refractivity (Wildman–Crippen MR) is 130 cm³/mol. The summed E-state index contributed by atoms with van der Waals surface area (Å²) in [6, 6.07) is 12.2. The van der Waals surface area contributed by atoms with E-state index in [0.717, 1.165) is 4.90 Å². The maximum absolute atomic E-state index is 13.1. The topological polar surface area (TPSA) is 176 Å². The van der Waals surface area contributed by atoms with Crippen molar-refractivity contribution >= 4 is 44.5 Å². The summed E-state index contributed by atoms with van der Waals surface area (Å²) in [6.07, 6.45) is 0.234. The molecule has 13 heteroatoms. The van der Waals surface area contributed by atoms with E-state index >= 15 is 0 Å². The highest BCUT2D eigenvalue weighted by molar-refractivity contribution is 8.14. The van der Waals surface area contributed by atoms with Crippen molar-refractivity contribution in [2.24, 2.45) is 11.7 Å². The number of amides is 2. The number of carbonyl (C=O) groups is 3. The van der Waals surface area contributed by atoms with Crippen LogP contribution in [-0.2, 0) is 31.2 Å². The third-order valence-corrected chi connectivity index (χ3v) is 7.12. The number of non-ortho nitro benzene ring substituents is 1. The van der Waals surface area contributed by atoms with Crippen LogP contribution >= 0.6 is 10.7 Å². The number of carbonyl (C=O) groups excluding carboxylic acids is 2. The highest BCUT2D eigenvalue weighted by Gasteiger charge is 2.64. The molecule has 0 spiro atoms. The van der Waals surface area contributed by atoms with Gasteiger partial charge in [0, 0.05) is 12.1 Å².